The van der Waals surface area contributed by atoms with Gasteiger partial charge in [0.2, 0.25) is 0 Å². The lowest BCUT2D eigenvalue weighted by atomic mass is 9.42. The Balaban J connectivity index is 1.66. The Morgan fingerprint density at radius 2 is 2.11 bits per heavy atom. The van der Waals surface area contributed by atoms with Crippen LogP contribution in [0.4, 0.5) is 0 Å². The van der Waals surface area contributed by atoms with Crippen molar-refractivity contribution < 1.29 is 24.5 Å². The second kappa shape index (κ2) is 5.32. The summed E-state index contributed by atoms with van der Waals surface area (Å²) in [5, 5.41) is 23.9. The highest BCUT2D eigenvalue weighted by atomic mass is 16.5. The number of carbonyl (C=O) groups is 1. The number of ether oxygens (including phenoxy) is 2. The lowest BCUT2D eigenvalue weighted by Crippen LogP contribution is -2.76. The third-order valence-electron chi connectivity index (χ3n) is 10.1. The maximum Gasteiger partial charge on any atom is 0.312 e. The van der Waals surface area contributed by atoms with E-state index in [4.69, 9.17) is 9.47 Å². The number of hydrogen-bond donors (Lipinski definition) is 2. The first-order chi connectivity index (χ1) is 13.3. The Bertz CT molecular complexity index is 730. The highest BCUT2D eigenvalue weighted by Crippen LogP contribution is 2.77. The van der Waals surface area contributed by atoms with Gasteiger partial charge in [0.25, 0.3) is 0 Å². The van der Waals surface area contributed by atoms with E-state index in [0.717, 1.165) is 32.4 Å². The van der Waals surface area contributed by atoms with Gasteiger partial charge >= 0.3 is 5.97 Å². The van der Waals surface area contributed by atoms with Gasteiger partial charge in [-0.15, -0.1) is 0 Å². The Labute approximate surface area is 166 Å². The van der Waals surface area contributed by atoms with E-state index < -0.39 is 17.6 Å². The molecule has 3 saturated heterocycles. The van der Waals surface area contributed by atoms with Crippen LogP contribution in [-0.2, 0) is 14.3 Å². The molecule has 0 amide bonds. The van der Waals surface area contributed by atoms with Gasteiger partial charge in [0.15, 0.2) is 0 Å². The quantitative estimate of drug-likeness (QED) is 0.689. The van der Waals surface area contributed by atoms with E-state index in [1.807, 2.05) is 0 Å². The maximum absolute atomic E-state index is 13.1. The van der Waals surface area contributed by atoms with Crippen molar-refractivity contribution in [2.45, 2.75) is 75.9 Å². The van der Waals surface area contributed by atoms with E-state index in [1.165, 1.54) is 0 Å². The summed E-state index contributed by atoms with van der Waals surface area (Å²) in [5.74, 6) is -0.969. The van der Waals surface area contributed by atoms with E-state index in [2.05, 4.69) is 18.7 Å². The molecule has 28 heavy (non-hydrogen) atoms. The summed E-state index contributed by atoms with van der Waals surface area (Å²) < 4.78 is 11.9. The van der Waals surface area contributed by atoms with Crippen molar-refractivity contribution >= 4 is 5.97 Å². The second-order valence-electron chi connectivity index (χ2n) is 10.8. The third-order valence-corrected chi connectivity index (χ3v) is 10.1. The molecule has 3 aliphatic heterocycles. The molecule has 0 aromatic rings. The molecular formula is C22H33NO5. The van der Waals surface area contributed by atoms with E-state index in [0.29, 0.717) is 12.8 Å². The SMILES string of the molecule is CCN1C[C@]2(C)CC[C@H](OC)[C@@]34[C@@H]5C[C@@H]6CC[C@](O)([C@H]([C@@H](O)[C@@H]23)[C@@H]14)[C@H]5C(=O)O6. The summed E-state index contributed by atoms with van der Waals surface area (Å²) >= 11 is 0. The molecule has 2 N–H and O–H groups in total. The van der Waals surface area contributed by atoms with Crippen LogP contribution in [0, 0.1) is 34.5 Å². The standard InChI is InChI=1S/C22H33NO5/c1-4-23-10-20(2)7-6-13(27-3)22-12-9-11-5-8-21(26,14(12)19(25)28-11)15(18(22)23)16(24)17(20)22/h11-18,24,26H,4-10H2,1-3H3/t11-,12+,13-,14+,15+,16+,17-,18+,20-,21+,22-/m0/s1. The fourth-order valence-electron chi connectivity index (χ4n) is 9.64. The highest BCUT2D eigenvalue weighted by molar-refractivity contribution is 5.77. The van der Waals surface area contributed by atoms with Gasteiger partial charge in [-0.1, -0.05) is 13.8 Å². The first kappa shape index (κ1) is 18.1. The van der Waals surface area contributed by atoms with E-state index in [1.54, 1.807) is 7.11 Å². The van der Waals surface area contributed by atoms with Crippen molar-refractivity contribution in [3.8, 4) is 0 Å². The van der Waals surface area contributed by atoms with Crippen LogP contribution >= 0.6 is 0 Å². The summed E-state index contributed by atoms with van der Waals surface area (Å²) in [6, 6.07) is 0.0757. The van der Waals surface area contributed by atoms with Gasteiger partial charge in [0, 0.05) is 36.9 Å². The van der Waals surface area contributed by atoms with Crippen molar-refractivity contribution in [3.05, 3.63) is 0 Å². The Morgan fingerprint density at radius 3 is 2.82 bits per heavy atom. The number of methoxy groups -OCH3 is 1. The average Bonchev–Trinajstić information content (AvgIpc) is 2.73. The van der Waals surface area contributed by atoms with Crippen LogP contribution in [0.1, 0.15) is 46.0 Å². The molecule has 4 aliphatic carbocycles. The van der Waals surface area contributed by atoms with Crippen molar-refractivity contribution in [1.82, 2.24) is 4.90 Å². The highest BCUT2D eigenvalue weighted by Gasteiger charge is 2.84. The Hall–Kier alpha value is -0.690. The van der Waals surface area contributed by atoms with E-state index >= 15 is 0 Å². The largest absolute Gasteiger partial charge is 0.462 e. The number of hydrogen-bond acceptors (Lipinski definition) is 6. The molecule has 7 rings (SSSR count). The van der Waals surface area contributed by atoms with Crippen LogP contribution in [0.2, 0.25) is 0 Å². The molecule has 9 bridgehead atoms. The zero-order valence-corrected chi connectivity index (χ0v) is 17.1. The van der Waals surface area contributed by atoms with E-state index in [9.17, 15) is 15.0 Å². The number of fused-ring (bicyclic) bond motifs is 2. The lowest BCUT2D eigenvalue weighted by Gasteiger charge is -2.69. The van der Waals surface area contributed by atoms with Crippen LogP contribution in [0.5, 0.6) is 0 Å². The minimum atomic E-state index is -1.17. The van der Waals surface area contributed by atoms with Gasteiger partial charge in [-0.05, 0) is 50.0 Å². The molecule has 6 heteroatoms. The molecule has 1 spiro atoms. The molecule has 7 fully saturated rings. The van der Waals surface area contributed by atoms with Crippen molar-refractivity contribution in [2.75, 3.05) is 20.2 Å². The Morgan fingerprint density at radius 1 is 1.32 bits per heavy atom. The predicted octanol–water partition coefficient (Wildman–Crippen LogP) is 1.19. The summed E-state index contributed by atoms with van der Waals surface area (Å²) in [6.07, 6.45) is 3.38. The molecule has 0 radical (unpaired) electrons. The van der Waals surface area contributed by atoms with Crippen molar-refractivity contribution in [1.29, 1.82) is 0 Å². The summed E-state index contributed by atoms with van der Waals surface area (Å²) in [4.78, 5) is 15.6. The molecule has 11 atom stereocenters. The minimum absolute atomic E-state index is 0.0123. The number of carbonyl (C=O) groups excluding carboxylic acids is 1. The van der Waals surface area contributed by atoms with Crippen LogP contribution in [0.15, 0.2) is 0 Å². The average molecular weight is 392 g/mol. The van der Waals surface area contributed by atoms with Gasteiger partial charge in [-0.2, -0.15) is 0 Å². The van der Waals surface area contributed by atoms with Gasteiger partial charge in [0.05, 0.1) is 23.7 Å². The third kappa shape index (κ3) is 1.68. The molecule has 0 aromatic carbocycles. The fraction of sp³-hybridized carbons (Fsp3) is 0.955. The van der Waals surface area contributed by atoms with Gasteiger partial charge in [-0.3, -0.25) is 9.69 Å². The predicted molar refractivity (Wildman–Crippen MR) is 100 cm³/mol. The number of nitrogens with zero attached hydrogens (tertiary/aromatic N) is 1. The minimum Gasteiger partial charge on any atom is -0.462 e. The van der Waals surface area contributed by atoms with Gasteiger partial charge in [-0.25, -0.2) is 0 Å². The number of esters is 1. The second-order valence-corrected chi connectivity index (χ2v) is 10.8. The first-order valence-corrected chi connectivity index (χ1v) is 11.2. The number of piperidine rings is 1. The monoisotopic (exact) mass is 391 g/mol. The Kier molecular flexibility index (Phi) is 3.44. The van der Waals surface area contributed by atoms with Crippen molar-refractivity contribution in [3.63, 3.8) is 0 Å². The number of likely N-dealkylation sites (tertiary alicyclic amines) is 1. The van der Waals surface area contributed by atoms with Crippen molar-refractivity contribution in [2.24, 2.45) is 34.5 Å². The molecular weight excluding hydrogens is 358 g/mol. The van der Waals surface area contributed by atoms with Crippen LogP contribution in [0.25, 0.3) is 0 Å². The zero-order valence-electron chi connectivity index (χ0n) is 17.1. The molecule has 4 saturated carbocycles. The lowest BCUT2D eigenvalue weighted by molar-refractivity contribution is -0.269. The molecule has 0 aromatic heterocycles. The summed E-state index contributed by atoms with van der Waals surface area (Å²) in [5.41, 5.74) is -1.46. The first-order valence-electron chi connectivity index (χ1n) is 11.2. The number of rotatable bonds is 2. The van der Waals surface area contributed by atoms with Gasteiger partial charge in [0.1, 0.15) is 6.10 Å². The number of aliphatic hydroxyl groups is 2. The van der Waals surface area contributed by atoms with Crippen LogP contribution < -0.4 is 0 Å². The smallest absolute Gasteiger partial charge is 0.312 e. The molecule has 156 valence electrons. The van der Waals surface area contributed by atoms with E-state index in [-0.39, 0.29) is 52.8 Å². The van der Waals surface area contributed by atoms with Gasteiger partial charge < -0.3 is 19.7 Å². The van der Waals surface area contributed by atoms with Crippen LogP contribution in [-0.4, -0.2) is 71.2 Å². The maximum atomic E-state index is 13.1. The molecule has 6 nitrogen and oxygen atoms in total. The normalized spacial score (nSPS) is 61.8. The summed E-state index contributed by atoms with van der Waals surface area (Å²) in [7, 11) is 1.79. The zero-order chi connectivity index (χ0) is 19.6. The number of aliphatic hydroxyl groups excluding tert-OH is 1. The fourth-order valence-corrected chi connectivity index (χ4v) is 9.64. The summed E-state index contributed by atoms with van der Waals surface area (Å²) in [6.45, 7) is 6.38. The molecule has 0 unspecified atom stereocenters. The molecule has 7 aliphatic rings. The topological polar surface area (TPSA) is 79.2 Å². The molecule has 3 heterocycles. The van der Waals surface area contributed by atoms with Crippen LogP contribution in [0.3, 0.4) is 0 Å².